The van der Waals surface area contributed by atoms with E-state index in [9.17, 15) is 0 Å². The van der Waals surface area contributed by atoms with Gasteiger partial charge in [0, 0.05) is 0 Å². The Bertz CT molecular complexity index is 193. The number of nitrogens with zero attached hydrogens (tertiary/aromatic N) is 3. The smallest absolute Gasteiger partial charge is 0.468 e. The summed E-state index contributed by atoms with van der Waals surface area (Å²) in [6.45, 7) is 16.7. The maximum absolute atomic E-state index is 4.49. The molecule has 0 aromatic carbocycles. The third-order valence-corrected chi connectivity index (χ3v) is 2.15. The number of hydrogen-bond donors (Lipinski definition) is 0. The third kappa shape index (κ3) is 10.5. The standard InChI is InChI=1S/C12H26N3.Cu/c1-7-15(8-2)10-9-13-11(3)14-12(4,5)6;/h7-10H2,1-6H3;/q-1;+1. The largest absolute Gasteiger partial charge is 1.00 e. The van der Waals surface area contributed by atoms with Crippen LogP contribution in [-0.2, 0) is 17.1 Å². The molecule has 0 saturated heterocycles. The molecule has 0 unspecified atom stereocenters. The molecule has 0 atom stereocenters. The van der Waals surface area contributed by atoms with E-state index in [4.69, 9.17) is 0 Å². The first-order chi connectivity index (χ1) is 6.89. The molecule has 0 bridgehead atoms. The van der Waals surface area contributed by atoms with Crippen molar-refractivity contribution >= 4 is 5.84 Å². The maximum atomic E-state index is 4.49. The molecule has 0 spiro atoms. The molecule has 0 aromatic heterocycles. The molecule has 0 aliphatic carbocycles. The van der Waals surface area contributed by atoms with Crippen LogP contribution >= 0.6 is 0 Å². The van der Waals surface area contributed by atoms with Gasteiger partial charge in [-0.2, -0.15) is 0 Å². The molecule has 0 aliphatic heterocycles. The van der Waals surface area contributed by atoms with E-state index in [1.807, 2.05) is 6.92 Å². The van der Waals surface area contributed by atoms with Crippen LogP contribution in [0.4, 0.5) is 0 Å². The minimum absolute atomic E-state index is 0. The van der Waals surface area contributed by atoms with Gasteiger partial charge in [0.2, 0.25) is 0 Å². The van der Waals surface area contributed by atoms with Gasteiger partial charge in [-0.25, -0.2) is 0 Å². The average molecular weight is 276 g/mol. The number of hydrogen-bond acceptors (Lipinski definition) is 2. The van der Waals surface area contributed by atoms with Gasteiger partial charge in [0.25, 0.3) is 0 Å². The van der Waals surface area contributed by atoms with Gasteiger partial charge in [0.05, 0.1) is 0 Å². The van der Waals surface area contributed by atoms with Gasteiger partial charge in [0.1, 0.15) is 0 Å². The zero-order valence-electron chi connectivity index (χ0n) is 11.5. The van der Waals surface area contributed by atoms with Crippen LogP contribution < -0.4 is 0 Å². The molecule has 100 valence electrons. The molecule has 0 saturated carbocycles. The Hall–Kier alpha value is -0.0505. The predicted molar refractivity (Wildman–Crippen MR) is 68.9 cm³/mol. The summed E-state index contributed by atoms with van der Waals surface area (Å²) >= 11 is 0. The molecule has 0 heterocycles. The van der Waals surface area contributed by atoms with Crippen LogP contribution in [0.25, 0.3) is 5.32 Å². The van der Waals surface area contributed by atoms with Crippen LogP contribution in [-0.4, -0.2) is 42.5 Å². The topological polar surface area (TPSA) is 29.7 Å². The van der Waals surface area contributed by atoms with Crippen LogP contribution in [0.3, 0.4) is 0 Å². The van der Waals surface area contributed by atoms with Gasteiger partial charge in [0.15, 0.2) is 0 Å². The molecular weight excluding hydrogens is 250 g/mol. The number of aliphatic imine (C=N–C) groups is 1. The Morgan fingerprint density at radius 1 is 1.19 bits per heavy atom. The summed E-state index contributed by atoms with van der Waals surface area (Å²) in [5.41, 5.74) is -0.0111. The predicted octanol–water partition coefficient (Wildman–Crippen LogP) is 2.92. The van der Waals surface area contributed by atoms with E-state index in [-0.39, 0.29) is 22.6 Å². The summed E-state index contributed by atoms with van der Waals surface area (Å²) < 4.78 is 0. The molecule has 3 nitrogen and oxygen atoms in total. The van der Waals surface area contributed by atoms with E-state index < -0.39 is 0 Å². The number of likely N-dealkylation sites (N-methyl/N-ethyl adjacent to an activating group) is 1. The summed E-state index contributed by atoms with van der Waals surface area (Å²) in [6, 6.07) is 0. The minimum Gasteiger partial charge on any atom is -0.468 e. The Morgan fingerprint density at radius 2 is 1.69 bits per heavy atom. The first-order valence-corrected chi connectivity index (χ1v) is 5.85. The molecule has 0 fully saturated rings. The Balaban J connectivity index is 0. The molecule has 16 heavy (non-hydrogen) atoms. The molecule has 0 aliphatic rings. The van der Waals surface area contributed by atoms with Gasteiger partial charge in [-0.05, 0) is 38.6 Å². The maximum Gasteiger partial charge on any atom is 1.00 e. The molecular formula is C12H26CuN3. The van der Waals surface area contributed by atoms with E-state index >= 15 is 0 Å². The van der Waals surface area contributed by atoms with Crippen molar-refractivity contribution in [1.82, 2.24) is 4.90 Å². The fourth-order valence-electron chi connectivity index (χ4n) is 1.41. The third-order valence-electron chi connectivity index (χ3n) is 2.15. The second kappa shape index (κ2) is 9.03. The van der Waals surface area contributed by atoms with E-state index in [0.29, 0.717) is 0 Å². The van der Waals surface area contributed by atoms with Gasteiger partial charge < -0.3 is 15.2 Å². The van der Waals surface area contributed by atoms with Gasteiger partial charge in [-0.1, -0.05) is 40.5 Å². The van der Waals surface area contributed by atoms with Gasteiger partial charge in [-0.15, -0.1) is 0 Å². The van der Waals surface area contributed by atoms with Crippen LogP contribution in [0.2, 0.25) is 0 Å². The van der Waals surface area contributed by atoms with Crippen LogP contribution in [0.15, 0.2) is 4.99 Å². The first-order valence-electron chi connectivity index (χ1n) is 5.85. The summed E-state index contributed by atoms with van der Waals surface area (Å²) in [4.78, 5) is 6.86. The van der Waals surface area contributed by atoms with Crippen molar-refractivity contribution < 1.29 is 17.1 Å². The van der Waals surface area contributed by atoms with E-state index in [2.05, 4.69) is 49.8 Å². The van der Waals surface area contributed by atoms with Gasteiger partial charge in [-0.3, -0.25) is 0 Å². The Kier molecular flexibility index (Phi) is 10.3. The Morgan fingerprint density at radius 3 is 2.06 bits per heavy atom. The van der Waals surface area contributed by atoms with Crippen molar-refractivity contribution in [2.24, 2.45) is 4.99 Å². The van der Waals surface area contributed by atoms with Crippen molar-refractivity contribution in [3.63, 3.8) is 0 Å². The second-order valence-electron chi connectivity index (χ2n) is 4.74. The summed E-state index contributed by atoms with van der Waals surface area (Å²) in [6.07, 6.45) is 0. The molecule has 0 rings (SSSR count). The van der Waals surface area contributed by atoms with Crippen LogP contribution in [0.5, 0.6) is 0 Å². The second-order valence-corrected chi connectivity index (χ2v) is 4.74. The summed E-state index contributed by atoms with van der Waals surface area (Å²) in [7, 11) is 0. The monoisotopic (exact) mass is 275 g/mol. The van der Waals surface area contributed by atoms with Crippen molar-refractivity contribution in [2.75, 3.05) is 26.2 Å². The normalized spacial score (nSPS) is 12.6. The summed E-state index contributed by atoms with van der Waals surface area (Å²) in [5.74, 6) is 0.912. The van der Waals surface area contributed by atoms with Crippen molar-refractivity contribution in [3.05, 3.63) is 5.32 Å². The zero-order chi connectivity index (χ0) is 11.9. The van der Waals surface area contributed by atoms with Crippen LogP contribution in [0.1, 0.15) is 41.5 Å². The number of rotatable bonds is 5. The quantitative estimate of drug-likeness (QED) is 0.431. The fraction of sp³-hybridized carbons (Fsp3) is 0.917. The summed E-state index contributed by atoms with van der Waals surface area (Å²) in [5, 5.41) is 4.45. The SMILES string of the molecule is CCN(CC)CC[N-]C(C)=NC(C)(C)C.[Cu+]. The van der Waals surface area contributed by atoms with E-state index in [1.165, 1.54) is 0 Å². The Labute approximate surface area is 112 Å². The van der Waals surface area contributed by atoms with Crippen molar-refractivity contribution in [1.29, 1.82) is 0 Å². The molecule has 0 N–H and O–H groups in total. The van der Waals surface area contributed by atoms with E-state index in [1.54, 1.807) is 0 Å². The molecule has 0 radical (unpaired) electrons. The molecule has 0 aromatic rings. The van der Waals surface area contributed by atoms with Gasteiger partial charge >= 0.3 is 17.1 Å². The molecule has 4 heteroatoms. The van der Waals surface area contributed by atoms with Crippen LogP contribution in [0, 0.1) is 0 Å². The molecule has 0 amide bonds. The fourth-order valence-corrected chi connectivity index (χ4v) is 1.41. The van der Waals surface area contributed by atoms with Crippen molar-refractivity contribution in [3.8, 4) is 0 Å². The minimum atomic E-state index is -0.0111. The zero-order valence-corrected chi connectivity index (χ0v) is 12.4. The van der Waals surface area contributed by atoms with E-state index in [0.717, 1.165) is 32.0 Å². The number of amidine groups is 1. The first kappa shape index (κ1) is 18.3. The van der Waals surface area contributed by atoms with Crippen molar-refractivity contribution in [2.45, 2.75) is 47.1 Å². The average Bonchev–Trinajstić information content (AvgIpc) is 2.09.